The molecule has 4 rings (SSSR count). The van der Waals surface area contributed by atoms with Crippen molar-refractivity contribution in [2.75, 3.05) is 10.6 Å². The van der Waals surface area contributed by atoms with E-state index in [0.29, 0.717) is 17.3 Å². The highest BCUT2D eigenvalue weighted by Crippen LogP contribution is 2.22. The monoisotopic (exact) mass is 364 g/mol. The Morgan fingerprint density at radius 2 is 2.00 bits per heavy atom. The summed E-state index contributed by atoms with van der Waals surface area (Å²) in [6.07, 6.45) is 9.93. The normalized spacial score (nSPS) is 14.8. The lowest BCUT2D eigenvalue weighted by Gasteiger charge is -2.13. The van der Waals surface area contributed by atoms with Gasteiger partial charge >= 0.3 is 0 Å². The molecule has 1 saturated carbocycles. The number of pyridine rings is 2. The van der Waals surface area contributed by atoms with E-state index in [1.807, 2.05) is 10.7 Å². The first-order valence-electron chi connectivity index (χ1n) is 9.47. The van der Waals surface area contributed by atoms with E-state index in [1.54, 1.807) is 30.7 Å². The molecule has 1 aliphatic carbocycles. The van der Waals surface area contributed by atoms with Gasteiger partial charge in [0.25, 0.3) is 5.91 Å². The smallest absolute Gasteiger partial charge is 0.255 e. The maximum absolute atomic E-state index is 12.6. The van der Waals surface area contributed by atoms with Crippen molar-refractivity contribution in [1.82, 2.24) is 19.7 Å². The number of hydrogen-bond acceptors (Lipinski definition) is 5. The van der Waals surface area contributed by atoms with Crippen LogP contribution in [0, 0.1) is 0 Å². The predicted octanol–water partition coefficient (Wildman–Crippen LogP) is 4.01. The number of carbonyl (C=O) groups excluding carboxylic acids is 1. The molecule has 0 atom stereocenters. The first-order chi connectivity index (χ1) is 13.1. The third-order valence-electron chi connectivity index (χ3n) is 4.91. The molecule has 3 aromatic rings. The quantitative estimate of drug-likeness (QED) is 0.714. The molecular weight excluding hydrogens is 340 g/mol. The minimum atomic E-state index is -0.177. The summed E-state index contributed by atoms with van der Waals surface area (Å²) in [5.74, 6) is 0.575. The van der Waals surface area contributed by atoms with Gasteiger partial charge in [0.05, 0.1) is 18.1 Å². The summed E-state index contributed by atoms with van der Waals surface area (Å²) >= 11 is 0. The Morgan fingerprint density at radius 3 is 2.78 bits per heavy atom. The van der Waals surface area contributed by atoms with Gasteiger partial charge in [-0.1, -0.05) is 12.8 Å². The van der Waals surface area contributed by atoms with Crippen LogP contribution in [-0.2, 0) is 0 Å². The van der Waals surface area contributed by atoms with Gasteiger partial charge in [-0.25, -0.2) is 14.6 Å². The van der Waals surface area contributed by atoms with Crippen LogP contribution in [0.25, 0.3) is 11.0 Å². The molecule has 3 aromatic heterocycles. The Morgan fingerprint density at radius 1 is 1.19 bits per heavy atom. The molecule has 7 nitrogen and oxygen atoms in total. The maximum Gasteiger partial charge on any atom is 0.255 e. The predicted molar refractivity (Wildman–Crippen MR) is 106 cm³/mol. The number of fused-ring (bicyclic) bond motifs is 1. The highest BCUT2D eigenvalue weighted by atomic mass is 16.1. The second-order valence-corrected chi connectivity index (χ2v) is 7.33. The summed E-state index contributed by atoms with van der Waals surface area (Å²) in [6.45, 7) is 4.12. The van der Waals surface area contributed by atoms with Gasteiger partial charge in [-0.3, -0.25) is 4.79 Å². The van der Waals surface area contributed by atoms with Crippen molar-refractivity contribution in [1.29, 1.82) is 0 Å². The fourth-order valence-electron chi connectivity index (χ4n) is 3.52. The lowest BCUT2D eigenvalue weighted by atomic mass is 10.2. The van der Waals surface area contributed by atoms with Crippen LogP contribution in [0.1, 0.15) is 55.9 Å². The molecule has 0 spiro atoms. The zero-order chi connectivity index (χ0) is 18.8. The summed E-state index contributed by atoms with van der Waals surface area (Å²) in [7, 11) is 0. The molecule has 0 unspecified atom stereocenters. The largest absolute Gasteiger partial charge is 0.367 e. The molecule has 0 radical (unpaired) electrons. The molecule has 1 fully saturated rings. The van der Waals surface area contributed by atoms with Gasteiger partial charge in [-0.2, -0.15) is 5.10 Å². The number of carbonyl (C=O) groups is 1. The highest BCUT2D eigenvalue weighted by Gasteiger charge is 2.16. The number of nitrogens with one attached hydrogen (secondary N) is 2. The fraction of sp³-hybridized carbons (Fsp3) is 0.400. The van der Waals surface area contributed by atoms with Gasteiger partial charge in [0.1, 0.15) is 5.82 Å². The average Bonchev–Trinajstić information content (AvgIpc) is 3.31. The van der Waals surface area contributed by atoms with Crippen molar-refractivity contribution in [3.63, 3.8) is 0 Å². The summed E-state index contributed by atoms with van der Waals surface area (Å²) in [5.41, 5.74) is 2.04. The molecule has 140 valence electrons. The van der Waals surface area contributed by atoms with E-state index in [-0.39, 0.29) is 11.9 Å². The number of rotatable bonds is 5. The molecule has 1 aliphatic rings. The van der Waals surface area contributed by atoms with Gasteiger partial charge < -0.3 is 10.6 Å². The summed E-state index contributed by atoms with van der Waals surface area (Å²) in [6, 6.07) is 6.11. The number of anilines is 2. The lowest BCUT2D eigenvalue weighted by molar-refractivity contribution is 0.102. The lowest BCUT2D eigenvalue weighted by Crippen LogP contribution is -2.17. The maximum atomic E-state index is 12.6. The van der Waals surface area contributed by atoms with Gasteiger partial charge in [0, 0.05) is 29.2 Å². The van der Waals surface area contributed by atoms with Crippen LogP contribution in [0.15, 0.2) is 36.8 Å². The Balaban J connectivity index is 1.49. The second-order valence-electron chi connectivity index (χ2n) is 7.33. The van der Waals surface area contributed by atoms with Gasteiger partial charge in [-0.15, -0.1) is 0 Å². The zero-order valence-corrected chi connectivity index (χ0v) is 15.6. The minimum absolute atomic E-state index is 0.177. The third-order valence-corrected chi connectivity index (χ3v) is 4.91. The second kappa shape index (κ2) is 7.34. The van der Waals surface area contributed by atoms with Crippen LogP contribution in [0.3, 0.4) is 0 Å². The van der Waals surface area contributed by atoms with Crippen molar-refractivity contribution in [3.8, 4) is 0 Å². The van der Waals surface area contributed by atoms with Crippen LogP contribution < -0.4 is 10.6 Å². The van der Waals surface area contributed by atoms with Gasteiger partial charge in [0.2, 0.25) is 0 Å². The molecule has 0 saturated heterocycles. The molecular formula is C20H24N6O. The Bertz CT molecular complexity index is 958. The summed E-state index contributed by atoms with van der Waals surface area (Å²) in [5, 5.41) is 11.6. The number of nitrogens with zero attached hydrogens (tertiary/aromatic N) is 4. The van der Waals surface area contributed by atoms with Crippen LogP contribution in [0.4, 0.5) is 11.5 Å². The number of amides is 1. The Kier molecular flexibility index (Phi) is 4.75. The van der Waals surface area contributed by atoms with Crippen molar-refractivity contribution < 1.29 is 4.79 Å². The van der Waals surface area contributed by atoms with Crippen LogP contribution >= 0.6 is 0 Å². The molecule has 27 heavy (non-hydrogen) atoms. The zero-order valence-electron chi connectivity index (χ0n) is 15.6. The number of hydrogen-bond donors (Lipinski definition) is 2. The molecule has 7 heteroatoms. The fourth-order valence-corrected chi connectivity index (χ4v) is 3.52. The standard InChI is InChI=1S/C20H24N6O/c1-13(2)26-19-15(11-23-26)9-17(12-22-19)25-20(27)14-7-8-21-18(10-14)24-16-5-3-4-6-16/h7-13,16H,3-6H2,1-2H3,(H,21,24)(H,25,27). The van der Waals surface area contributed by atoms with E-state index in [0.717, 1.165) is 29.7 Å². The van der Waals surface area contributed by atoms with Crippen LogP contribution in [-0.4, -0.2) is 31.7 Å². The van der Waals surface area contributed by atoms with E-state index in [1.165, 1.54) is 12.8 Å². The molecule has 0 aliphatic heterocycles. The van der Waals surface area contributed by atoms with E-state index in [2.05, 4.69) is 39.5 Å². The molecule has 2 N–H and O–H groups in total. The molecule has 0 aromatic carbocycles. The Labute approximate surface area is 158 Å². The van der Waals surface area contributed by atoms with Crippen molar-refractivity contribution >= 4 is 28.4 Å². The van der Waals surface area contributed by atoms with Crippen LogP contribution in [0.2, 0.25) is 0 Å². The molecule has 0 bridgehead atoms. The van der Waals surface area contributed by atoms with Crippen molar-refractivity contribution in [3.05, 3.63) is 42.4 Å². The van der Waals surface area contributed by atoms with Gasteiger partial charge in [0.15, 0.2) is 5.65 Å². The van der Waals surface area contributed by atoms with E-state index in [4.69, 9.17) is 0 Å². The van der Waals surface area contributed by atoms with E-state index in [9.17, 15) is 4.79 Å². The Hall–Kier alpha value is -2.96. The molecule has 1 amide bonds. The number of aromatic nitrogens is 4. The first kappa shape index (κ1) is 17.5. The average molecular weight is 364 g/mol. The minimum Gasteiger partial charge on any atom is -0.367 e. The highest BCUT2D eigenvalue weighted by molar-refractivity contribution is 6.05. The summed E-state index contributed by atoms with van der Waals surface area (Å²) < 4.78 is 1.87. The first-order valence-corrected chi connectivity index (χ1v) is 9.47. The SMILES string of the molecule is CC(C)n1ncc2cc(NC(=O)c3ccnc(NC4CCCC4)c3)cnc21. The van der Waals surface area contributed by atoms with Crippen LogP contribution in [0.5, 0.6) is 0 Å². The van der Waals surface area contributed by atoms with E-state index >= 15 is 0 Å². The summed E-state index contributed by atoms with van der Waals surface area (Å²) in [4.78, 5) is 21.4. The van der Waals surface area contributed by atoms with Crippen molar-refractivity contribution in [2.45, 2.75) is 51.6 Å². The van der Waals surface area contributed by atoms with Gasteiger partial charge in [-0.05, 0) is 44.9 Å². The van der Waals surface area contributed by atoms with Crippen molar-refractivity contribution in [2.24, 2.45) is 0 Å². The third kappa shape index (κ3) is 3.77. The topological polar surface area (TPSA) is 84.7 Å². The van der Waals surface area contributed by atoms with E-state index < -0.39 is 0 Å². The molecule has 3 heterocycles.